The van der Waals surface area contributed by atoms with Gasteiger partial charge in [-0.05, 0) is 55.0 Å². The van der Waals surface area contributed by atoms with E-state index in [4.69, 9.17) is 0 Å². The van der Waals surface area contributed by atoms with E-state index in [0.717, 1.165) is 32.8 Å². The van der Waals surface area contributed by atoms with Gasteiger partial charge in [0.25, 0.3) is 0 Å². The van der Waals surface area contributed by atoms with Crippen LogP contribution >= 0.6 is 0 Å². The average molecular weight is 578 g/mol. The summed E-state index contributed by atoms with van der Waals surface area (Å²) >= 11 is 0. The summed E-state index contributed by atoms with van der Waals surface area (Å²) in [6.07, 6.45) is 1.38. The lowest BCUT2D eigenvalue weighted by Gasteiger charge is -2.34. The molecular weight excluding hydrogens is 534 g/mol. The lowest BCUT2D eigenvalue weighted by Crippen LogP contribution is -2.54. The average Bonchev–Trinajstić information content (AvgIpc) is 2.89. The van der Waals surface area contributed by atoms with Crippen LogP contribution in [0.1, 0.15) is 56.9 Å². The van der Waals surface area contributed by atoms with Gasteiger partial charge in [-0.15, -0.1) is 0 Å². The quantitative estimate of drug-likeness (QED) is 0.338. The van der Waals surface area contributed by atoms with Crippen molar-refractivity contribution in [1.29, 1.82) is 0 Å². The van der Waals surface area contributed by atoms with Gasteiger partial charge in [-0.2, -0.15) is 0 Å². The van der Waals surface area contributed by atoms with Crippen molar-refractivity contribution in [2.24, 2.45) is 0 Å². The van der Waals surface area contributed by atoms with Gasteiger partial charge < -0.3 is 10.2 Å². The third-order valence-corrected chi connectivity index (χ3v) is 8.02. The molecule has 0 aromatic heterocycles. The van der Waals surface area contributed by atoms with Gasteiger partial charge in [-0.1, -0.05) is 93.1 Å². The summed E-state index contributed by atoms with van der Waals surface area (Å²) in [5, 5.41) is 2.96. The predicted octanol–water partition coefficient (Wildman–Crippen LogP) is 5.22. The second kappa shape index (κ2) is 13.3. The first kappa shape index (κ1) is 31.9. The van der Waals surface area contributed by atoms with E-state index in [1.165, 1.54) is 4.90 Å². The molecule has 0 saturated carbocycles. The Balaban J connectivity index is 2.04. The van der Waals surface area contributed by atoms with Crippen LogP contribution in [0.15, 0.2) is 78.9 Å². The van der Waals surface area contributed by atoms with E-state index in [1.54, 1.807) is 12.1 Å². The fourth-order valence-corrected chi connectivity index (χ4v) is 5.42. The van der Waals surface area contributed by atoms with E-state index in [9.17, 15) is 18.0 Å². The summed E-state index contributed by atoms with van der Waals surface area (Å²) in [7, 11) is -3.81. The first-order chi connectivity index (χ1) is 19.1. The number of carbonyl (C=O) groups is 2. The Kier molecular flexibility index (Phi) is 10.4. The molecule has 0 aliphatic rings. The maximum atomic E-state index is 14.1. The molecule has 2 amide bonds. The van der Waals surface area contributed by atoms with Crippen molar-refractivity contribution in [3.05, 3.63) is 101 Å². The number of nitrogens with one attached hydrogen (secondary N) is 1. The molecule has 1 unspecified atom stereocenters. The molecule has 1 atom stereocenters. The first-order valence-corrected chi connectivity index (χ1v) is 15.8. The van der Waals surface area contributed by atoms with Crippen LogP contribution in [0.4, 0.5) is 5.69 Å². The lowest BCUT2D eigenvalue weighted by atomic mass is 9.87. The van der Waals surface area contributed by atoms with E-state index in [-0.39, 0.29) is 30.3 Å². The molecule has 0 aliphatic carbocycles. The van der Waals surface area contributed by atoms with Crippen LogP contribution in [-0.4, -0.2) is 50.0 Å². The van der Waals surface area contributed by atoms with Crippen molar-refractivity contribution in [2.45, 2.75) is 72.0 Å². The number of amides is 2. The molecule has 3 aromatic carbocycles. The summed E-state index contributed by atoms with van der Waals surface area (Å²) in [4.78, 5) is 29.2. The molecule has 0 bridgehead atoms. The summed E-state index contributed by atoms with van der Waals surface area (Å²) < 4.78 is 27.1. The number of nitrogens with zero attached hydrogens (tertiary/aromatic N) is 2. The third-order valence-electron chi connectivity index (χ3n) is 6.88. The minimum atomic E-state index is -3.81. The smallest absolute Gasteiger partial charge is 0.244 e. The Bertz CT molecular complexity index is 1410. The van der Waals surface area contributed by atoms with Crippen LogP contribution in [0, 0.1) is 6.92 Å². The molecule has 0 radical (unpaired) electrons. The molecule has 0 aliphatic heterocycles. The van der Waals surface area contributed by atoms with Gasteiger partial charge in [0.1, 0.15) is 12.6 Å². The molecule has 0 saturated heterocycles. The van der Waals surface area contributed by atoms with Crippen molar-refractivity contribution in [3.63, 3.8) is 0 Å². The van der Waals surface area contributed by atoms with E-state index >= 15 is 0 Å². The summed E-state index contributed by atoms with van der Waals surface area (Å²) in [5.41, 5.74) is 4.16. The molecule has 8 heteroatoms. The Morgan fingerprint density at radius 2 is 1.44 bits per heavy atom. The summed E-state index contributed by atoms with van der Waals surface area (Å²) in [6, 6.07) is 23.5. The summed E-state index contributed by atoms with van der Waals surface area (Å²) in [6.45, 7) is 11.7. The van der Waals surface area contributed by atoms with Crippen molar-refractivity contribution >= 4 is 27.5 Å². The number of hydrogen-bond donors (Lipinski definition) is 1. The van der Waals surface area contributed by atoms with Crippen LogP contribution in [0.25, 0.3) is 0 Å². The first-order valence-electron chi connectivity index (χ1n) is 13.9. The largest absolute Gasteiger partial charge is 0.352 e. The number of benzene rings is 3. The topological polar surface area (TPSA) is 86.8 Å². The number of rotatable bonds is 11. The third kappa shape index (κ3) is 9.18. The van der Waals surface area contributed by atoms with E-state index in [2.05, 4.69) is 26.1 Å². The van der Waals surface area contributed by atoms with E-state index in [1.807, 2.05) is 87.5 Å². The van der Waals surface area contributed by atoms with Crippen LogP contribution in [-0.2, 0) is 38.0 Å². The Hall–Kier alpha value is -3.65. The molecular formula is C33H43N3O4S. The standard InChI is InChI=1S/C33H43N3O4S/c1-24(2)34-32(38)30(21-26-11-9-8-10-12-26)35(22-27-15-13-25(3)14-16-27)31(37)23-36(41(7,39)40)29-19-17-28(18-20-29)33(4,5)6/h8-20,24,30H,21-23H2,1-7H3,(H,34,38). The predicted molar refractivity (Wildman–Crippen MR) is 166 cm³/mol. The van der Waals surface area contributed by atoms with E-state index in [0.29, 0.717) is 5.69 Å². The Morgan fingerprint density at radius 3 is 1.95 bits per heavy atom. The molecule has 7 nitrogen and oxygen atoms in total. The van der Waals surface area contributed by atoms with Crippen LogP contribution in [0.2, 0.25) is 0 Å². The molecule has 41 heavy (non-hydrogen) atoms. The van der Waals surface area contributed by atoms with Crippen molar-refractivity contribution in [1.82, 2.24) is 10.2 Å². The fraction of sp³-hybridized carbons (Fsp3) is 0.394. The molecule has 3 aromatic rings. The lowest BCUT2D eigenvalue weighted by molar-refractivity contribution is -0.140. The van der Waals surface area contributed by atoms with Crippen LogP contribution in [0.5, 0.6) is 0 Å². The minimum absolute atomic E-state index is 0.108. The normalized spacial score (nSPS) is 12.6. The molecule has 0 fully saturated rings. The molecule has 3 rings (SSSR count). The molecule has 0 spiro atoms. The number of carbonyl (C=O) groups excluding carboxylic acids is 2. The highest BCUT2D eigenvalue weighted by Gasteiger charge is 2.33. The maximum absolute atomic E-state index is 14.1. The van der Waals surface area contributed by atoms with Gasteiger partial charge in [-0.3, -0.25) is 13.9 Å². The zero-order chi connectivity index (χ0) is 30.4. The second-order valence-corrected chi connectivity index (χ2v) is 13.8. The van der Waals surface area contributed by atoms with Gasteiger partial charge >= 0.3 is 0 Å². The monoisotopic (exact) mass is 577 g/mol. The molecule has 0 heterocycles. The Labute approximate surface area is 245 Å². The van der Waals surface area contributed by atoms with Crippen molar-refractivity contribution in [2.75, 3.05) is 17.1 Å². The van der Waals surface area contributed by atoms with Gasteiger partial charge in [-0.25, -0.2) is 8.42 Å². The molecule has 220 valence electrons. The zero-order valence-electron chi connectivity index (χ0n) is 25.2. The molecule has 1 N–H and O–H groups in total. The zero-order valence-corrected chi connectivity index (χ0v) is 26.0. The number of anilines is 1. The van der Waals surface area contributed by atoms with Crippen LogP contribution < -0.4 is 9.62 Å². The van der Waals surface area contributed by atoms with Crippen molar-refractivity contribution < 1.29 is 18.0 Å². The highest BCUT2D eigenvalue weighted by Crippen LogP contribution is 2.26. The Morgan fingerprint density at radius 1 is 0.854 bits per heavy atom. The maximum Gasteiger partial charge on any atom is 0.244 e. The van der Waals surface area contributed by atoms with Gasteiger partial charge in [0.2, 0.25) is 21.8 Å². The van der Waals surface area contributed by atoms with Crippen molar-refractivity contribution in [3.8, 4) is 0 Å². The highest BCUT2D eigenvalue weighted by molar-refractivity contribution is 7.92. The van der Waals surface area contributed by atoms with Gasteiger partial charge in [0, 0.05) is 19.0 Å². The highest BCUT2D eigenvalue weighted by atomic mass is 32.2. The van der Waals surface area contributed by atoms with E-state index < -0.39 is 28.5 Å². The summed E-state index contributed by atoms with van der Waals surface area (Å²) in [5.74, 6) is -0.750. The fourth-order valence-electron chi connectivity index (χ4n) is 4.57. The number of aryl methyl sites for hydroxylation is 1. The second-order valence-electron chi connectivity index (χ2n) is 11.9. The van der Waals surface area contributed by atoms with Crippen LogP contribution in [0.3, 0.4) is 0 Å². The number of sulfonamides is 1. The SMILES string of the molecule is Cc1ccc(CN(C(=O)CN(c2ccc(C(C)(C)C)cc2)S(C)(=O)=O)C(Cc2ccccc2)C(=O)NC(C)C)cc1. The van der Waals surface area contributed by atoms with Gasteiger partial charge in [0.15, 0.2) is 0 Å². The minimum Gasteiger partial charge on any atom is -0.352 e. The number of hydrogen-bond acceptors (Lipinski definition) is 4. The van der Waals surface area contributed by atoms with Gasteiger partial charge in [0.05, 0.1) is 11.9 Å².